The fraction of sp³-hybridized carbons (Fsp3) is 0.462. The molecule has 0 saturated carbocycles. The van der Waals surface area contributed by atoms with E-state index in [1.54, 1.807) is 4.90 Å². The maximum Gasteiger partial charge on any atom is 0.573 e. The van der Waals surface area contributed by atoms with Crippen LogP contribution in [0, 0.1) is 0 Å². The first-order valence-corrected chi connectivity index (χ1v) is 6.24. The van der Waals surface area contributed by atoms with Gasteiger partial charge in [-0.25, -0.2) is 0 Å². The van der Waals surface area contributed by atoms with E-state index in [9.17, 15) is 18.0 Å². The van der Waals surface area contributed by atoms with Gasteiger partial charge in [-0.05, 0) is 38.0 Å². The Balaban J connectivity index is 2.18. The minimum atomic E-state index is -4.80. The third kappa shape index (κ3) is 3.15. The molecule has 0 radical (unpaired) electrons. The Morgan fingerprint density at radius 3 is 2.65 bits per heavy atom. The second kappa shape index (κ2) is 5.22. The van der Waals surface area contributed by atoms with Gasteiger partial charge in [0.2, 0.25) is 0 Å². The number of amides is 1. The van der Waals surface area contributed by atoms with Crippen molar-refractivity contribution in [2.75, 3.05) is 12.3 Å². The van der Waals surface area contributed by atoms with Crippen LogP contribution in [0.25, 0.3) is 0 Å². The highest BCUT2D eigenvalue weighted by Crippen LogP contribution is 2.30. The molecule has 7 heteroatoms. The summed E-state index contributed by atoms with van der Waals surface area (Å²) in [7, 11) is 0. The van der Waals surface area contributed by atoms with Gasteiger partial charge in [-0.15, -0.1) is 13.2 Å². The maximum atomic E-state index is 12.2. The van der Waals surface area contributed by atoms with Crippen LogP contribution in [0.3, 0.4) is 0 Å². The number of carbonyl (C=O) groups is 1. The van der Waals surface area contributed by atoms with E-state index in [0.29, 0.717) is 6.54 Å². The molecule has 4 nitrogen and oxygen atoms in total. The van der Waals surface area contributed by atoms with Crippen LogP contribution < -0.4 is 10.5 Å². The number of rotatable bonds is 2. The van der Waals surface area contributed by atoms with Gasteiger partial charge < -0.3 is 15.4 Å². The van der Waals surface area contributed by atoms with Crippen LogP contribution in [0.1, 0.15) is 30.1 Å². The Bertz CT molecular complexity index is 517. The molecule has 0 bridgehead atoms. The van der Waals surface area contributed by atoms with Gasteiger partial charge in [0.05, 0.1) is 5.69 Å². The highest BCUT2D eigenvalue weighted by molar-refractivity contribution is 5.95. The Labute approximate surface area is 114 Å². The van der Waals surface area contributed by atoms with Gasteiger partial charge in [0, 0.05) is 18.2 Å². The number of hydrogen-bond acceptors (Lipinski definition) is 3. The lowest BCUT2D eigenvalue weighted by molar-refractivity contribution is -0.274. The highest BCUT2D eigenvalue weighted by Gasteiger charge is 2.32. The molecule has 1 aliphatic rings. The first-order valence-electron chi connectivity index (χ1n) is 6.24. The van der Waals surface area contributed by atoms with E-state index >= 15 is 0 Å². The average molecular weight is 288 g/mol. The minimum absolute atomic E-state index is 0.134. The molecular weight excluding hydrogens is 273 g/mol. The number of hydrogen-bond donors (Lipinski definition) is 1. The number of anilines is 1. The molecule has 2 N–H and O–H groups in total. The van der Waals surface area contributed by atoms with Gasteiger partial charge in [-0.3, -0.25) is 4.79 Å². The maximum absolute atomic E-state index is 12.2. The van der Waals surface area contributed by atoms with E-state index in [1.807, 2.05) is 6.92 Å². The van der Waals surface area contributed by atoms with Crippen molar-refractivity contribution in [2.45, 2.75) is 32.2 Å². The monoisotopic (exact) mass is 288 g/mol. The topological polar surface area (TPSA) is 55.6 Å². The second-order valence-electron chi connectivity index (χ2n) is 4.79. The summed E-state index contributed by atoms with van der Waals surface area (Å²) >= 11 is 0. The van der Waals surface area contributed by atoms with Crippen LogP contribution >= 0.6 is 0 Å². The number of nitrogens with two attached hydrogens (primary N) is 1. The number of alkyl halides is 3. The van der Waals surface area contributed by atoms with Crippen molar-refractivity contribution in [1.29, 1.82) is 0 Å². The summed E-state index contributed by atoms with van der Waals surface area (Å²) in [6.07, 6.45) is -2.95. The summed E-state index contributed by atoms with van der Waals surface area (Å²) in [5.74, 6) is -0.719. The van der Waals surface area contributed by atoms with Gasteiger partial charge in [0.25, 0.3) is 5.91 Å². The molecule has 1 aromatic carbocycles. The molecule has 1 aromatic rings. The van der Waals surface area contributed by atoms with E-state index in [1.165, 1.54) is 12.1 Å². The highest BCUT2D eigenvalue weighted by atomic mass is 19.4. The summed E-state index contributed by atoms with van der Waals surface area (Å²) in [4.78, 5) is 13.9. The lowest BCUT2D eigenvalue weighted by atomic mass is 10.1. The first-order chi connectivity index (χ1) is 9.28. The van der Waals surface area contributed by atoms with Gasteiger partial charge in [-0.1, -0.05) is 0 Å². The van der Waals surface area contributed by atoms with Gasteiger partial charge >= 0.3 is 6.36 Å². The molecular formula is C13H15F3N2O2. The zero-order chi connectivity index (χ0) is 14.9. The van der Waals surface area contributed by atoms with Gasteiger partial charge in [-0.2, -0.15) is 0 Å². The predicted molar refractivity (Wildman–Crippen MR) is 67.3 cm³/mol. The Morgan fingerprint density at radius 2 is 2.15 bits per heavy atom. The average Bonchev–Trinajstić information content (AvgIpc) is 2.75. The van der Waals surface area contributed by atoms with Crippen LogP contribution in [0.15, 0.2) is 18.2 Å². The van der Waals surface area contributed by atoms with Crippen molar-refractivity contribution >= 4 is 11.6 Å². The Kier molecular flexibility index (Phi) is 3.78. The van der Waals surface area contributed by atoms with E-state index in [2.05, 4.69) is 4.74 Å². The molecule has 1 fully saturated rings. The van der Waals surface area contributed by atoms with Crippen LogP contribution in [0.2, 0.25) is 0 Å². The molecule has 0 aliphatic carbocycles. The molecule has 0 spiro atoms. The van der Waals surface area contributed by atoms with E-state index in [0.717, 1.165) is 18.9 Å². The molecule has 0 aromatic heterocycles. The largest absolute Gasteiger partial charge is 0.573 e. The first kappa shape index (κ1) is 14.5. The quantitative estimate of drug-likeness (QED) is 0.851. The lowest BCUT2D eigenvalue weighted by Gasteiger charge is -2.22. The number of nitrogen functional groups attached to an aromatic ring is 1. The molecule has 110 valence electrons. The molecule has 1 saturated heterocycles. The molecule has 1 unspecified atom stereocenters. The van der Waals surface area contributed by atoms with Gasteiger partial charge in [0.1, 0.15) is 0 Å². The van der Waals surface area contributed by atoms with Crippen molar-refractivity contribution < 1.29 is 22.7 Å². The fourth-order valence-corrected chi connectivity index (χ4v) is 2.30. The minimum Gasteiger partial charge on any atom is -0.404 e. The zero-order valence-electron chi connectivity index (χ0n) is 10.9. The predicted octanol–water partition coefficient (Wildman–Crippen LogP) is 2.79. The van der Waals surface area contributed by atoms with Crippen molar-refractivity contribution in [3.8, 4) is 5.75 Å². The second-order valence-corrected chi connectivity index (χ2v) is 4.79. The summed E-state index contributed by atoms with van der Waals surface area (Å²) in [5, 5.41) is 0. The lowest BCUT2D eigenvalue weighted by Crippen LogP contribution is -2.33. The molecule has 1 aliphatic heterocycles. The standard InChI is InChI=1S/C13H15F3N2O2/c1-8-3-2-6-18(8)12(19)9-4-5-11(10(17)7-9)20-13(14,15)16/h4-5,7-8H,2-3,6,17H2,1H3. The van der Waals surface area contributed by atoms with E-state index < -0.39 is 12.1 Å². The Morgan fingerprint density at radius 1 is 1.45 bits per heavy atom. The smallest absolute Gasteiger partial charge is 0.404 e. The molecule has 1 amide bonds. The summed E-state index contributed by atoms with van der Waals surface area (Å²) in [6, 6.07) is 3.71. The van der Waals surface area contributed by atoms with Gasteiger partial charge in [0.15, 0.2) is 5.75 Å². The summed E-state index contributed by atoms with van der Waals surface area (Å²) < 4.78 is 40.1. The molecule has 1 atom stereocenters. The fourth-order valence-electron chi connectivity index (χ4n) is 2.30. The van der Waals surface area contributed by atoms with Crippen molar-refractivity contribution in [1.82, 2.24) is 4.90 Å². The number of carbonyl (C=O) groups excluding carboxylic acids is 1. The molecule has 1 heterocycles. The third-order valence-electron chi connectivity index (χ3n) is 3.30. The normalized spacial score (nSPS) is 19.2. The Hall–Kier alpha value is -1.92. The van der Waals surface area contributed by atoms with E-state index in [-0.39, 0.29) is 23.2 Å². The molecule has 20 heavy (non-hydrogen) atoms. The van der Waals surface area contributed by atoms with Crippen LogP contribution in [-0.2, 0) is 0 Å². The third-order valence-corrected chi connectivity index (χ3v) is 3.30. The zero-order valence-corrected chi connectivity index (χ0v) is 10.9. The summed E-state index contributed by atoms with van der Waals surface area (Å²) in [6.45, 7) is 2.59. The van der Waals surface area contributed by atoms with Crippen molar-refractivity contribution in [3.05, 3.63) is 23.8 Å². The molecule has 2 rings (SSSR count). The number of likely N-dealkylation sites (tertiary alicyclic amines) is 1. The van der Waals surface area contributed by atoms with Crippen LogP contribution in [0.5, 0.6) is 5.75 Å². The van der Waals surface area contributed by atoms with Crippen LogP contribution in [0.4, 0.5) is 18.9 Å². The van der Waals surface area contributed by atoms with Crippen molar-refractivity contribution in [3.63, 3.8) is 0 Å². The van der Waals surface area contributed by atoms with E-state index in [4.69, 9.17) is 5.73 Å². The van der Waals surface area contributed by atoms with Crippen molar-refractivity contribution in [2.24, 2.45) is 0 Å². The summed E-state index contributed by atoms with van der Waals surface area (Å²) in [5.41, 5.74) is 5.56. The number of benzene rings is 1. The number of halogens is 3. The van der Waals surface area contributed by atoms with Crippen LogP contribution in [-0.4, -0.2) is 29.8 Å². The number of ether oxygens (including phenoxy) is 1. The SMILES string of the molecule is CC1CCCN1C(=O)c1ccc(OC(F)(F)F)c(N)c1. The number of nitrogens with zero attached hydrogens (tertiary/aromatic N) is 1.